The minimum absolute atomic E-state index is 0.242. The molecule has 0 aliphatic carbocycles. The van der Waals surface area contributed by atoms with Gasteiger partial charge in [-0.1, -0.05) is 37.3 Å². The number of halogens is 1. The quantitative estimate of drug-likeness (QED) is 0.741. The number of thiophene rings is 1. The number of fused-ring (bicyclic) bond motifs is 1. The first-order chi connectivity index (χ1) is 9.67. The van der Waals surface area contributed by atoms with Gasteiger partial charge in [-0.05, 0) is 41.1 Å². The van der Waals surface area contributed by atoms with Crippen LogP contribution < -0.4 is 0 Å². The van der Waals surface area contributed by atoms with Crippen molar-refractivity contribution in [2.75, 3.05) is 0 Å². The number of rotatable bonds is 3. The van der Waals surface area contributed by atoms with E-state index in [4.69, 9.17) is 0 Å². The molecule has 0 saturated heterocycles. The Bertz CT molecular complexity index is 748. The minimum Gasteiger partial charge on any atom is -0.383 e. The van der Waals surface area contributed by atoms with Gasteiger partial charge in [-0.15, -0.1) is 11.3 Å². The van der Waals surface area contributed by atoms with Crippen molar-refractivity contribution >= 4 is 21.4 Å². The van der Waals surface area contributed by atoms with E-state index in [2.05, 4.69) is 13.0 Å². The molecule has 20 heavy (non-hydrogen) atoms. The van der Waals surface area contributed by atoms with Crippen LogP contribution in [-0.4, -0.2) is 5.11 Å². The molecule has 0 saturated carbocycles. The van der Waals surface area contributed by atoms with E-state index in [-0.39, 0.29) is 5.82 Å². The van der Waals surface area contributed by atoms with Crippen LogP contribution in [0, 0.1) is 5.82 Å². The van der Waals surface area contributed by atoms with Crippen LogP contribution in [0.2, 0.25) is 0 Å². The lowest BCUT2D eigenvalue weighted by Gasteiger charge is -2.10. The molecule has 1 N–H and O–H groups in total. The van der Waals surface area contributed by atoms with Gasteiger partial charge < -0.3 is 5.11 Å². The van der Waals surface area contributed by atoms with E-state index in [9.17, 15) is 9.50 Å². The molecule has 102 valence electrons. The first kappa shape index (κ1) is 13.3. The van der Waals surface area contributed by atoms with Crippen LogP contribution in [0.5, 0.6) is 0 Å². The van der Waals surface area contributed by atoms with Crippen molar-refractivity contribution in [2.45, 2.75) is 19.4 Å². The zero-order valence-electron chi connectivity index (χ0n) is 11.1. The van der Waals surface area contributed by atoms with Crippen molar-refractivity contribution in [1.82, 2.24) is 0 Å². The Kier molecular flexibility index (Phi) is 3.55. The summed E-state index contributed by atoms with van der Waals surface area (Å²) in [4.78, 5) is 0.846. The van der Waals surface area contributed by atoms with E-state index in [0.29, 0.717) is 0 Å². The third-order valence-electron chi connectivity index (χ3n) is 3.45. The highest BCUT2D eigenvalue weighted by Gasteiger charge is 2.14. The molecule has 2 aromatic carbocycles. The summed E-state index contributed by atoms with van der Waals surface area (Å²) >= 11 is 1.44. The molecule has 1 unspecified atom stereocenters. The highest BCUT2D eigenvalue weighted by atomic mass is 32.1. The Balaban J connectivity index is 2.00. The van der Waals surface area contributed by atoms with Crippen LogP contribution in [0.25, 0.3) is 10.1 Å². The minimum atomic E-state index is -0.651. The number of aliphatic hydroxyl groups excluding tert-OH is 1. The van der Waals surface area contributed by atoms with E-state index < -0.39 is 6.10 Å². The van der Waals surface area contributed by atoms with Crippen molar-refractivity contribution in [3.63, 3.8) is 0 Å². The molecule has 0 aliphatic rings. The fraction of sp³-hybridized carbons (Fsp3) is 0.176. The lowest BCUT2D eigenvalue weighted by molar-refractivity contribution is 0.224. The first-order valence-electron chi connectivity index (χ1n) is 6.63. The van der Waals surface area contributed by atoms with E-state index in [0.717, 1.165) is 26.9 Å². The standard InChI is InChI=1S/C17H15FOS/c1-2-11-4-3-5-13(8-11)17(19)16-9-12-6-7-14(18)10-15(12)20-16/h3-10,17,19H,2H2,1H3. The lowest BCUT2D eigenvalue weighted by atomic mass is 10.0. The smallest absolute Gasteiger partial charge is 0.124 e. The molecule has 1 nitrogen and oxygen atoms in total. The van der Waals surface area contributed by atoms with Crippen LogP contribution in [0.3, 0.4) is 0 Å². The lowest BCUT2D eigenvalue weighted by Crippen LogP contribution is -1.97. The maximum Gasteiger partial charge on any atom is 0.124 e. The summed E-state index contributed by atoms with van der Waals surface area (Å²) in [5, 5.41) is 11.5. The Morgan fingerprint density at radius 1 is 1.15 bits per heavy atom. The summed E-state index contributed by atoms with van der Waals surface area (Å²) < 4.78 is 14.1. The van der Waals surface area contributed by atoms with Gasteiger partial charge in [0.05, 0.1) is 0 Å². The normalized spacial score (nSPS) is 12.8. The SMILES string of the molecule is CCc1cccc(C(O)c2cc3ccc(F)cc3s2)c1. The maximum atomic E-state index is 13.2. The third-order valence-corrected chi connectivity index (χ3v) is 4.60. The monoisotopic (exact) mass is 286 g/mol. The zero-order valence-corrected chi connectivity index (χ0v) is 12.0. The van der Waals surface area contributed by atoms with Crippen LogP contribution in [0.4, 0.5) is 4.39 Å². The largest absolute Gasteiger partial charge is 0.383 e. The Morgan fingerprint density at radius 2 is 2.00 bits per heavy atom. The van der Waals surface area contributed by atoms with Gasteiger partial charge in [0.15, 0.2) is 0 Å². The van der Waals surface area contributed by atoms with Gasteiger partial charge >= 0.3 is 0 Å². The van der Waals surface area contributed by atoms with Gasteiger partial charge in [0.1, 0.15) is 11.9 Å². The molecule has 0 amide bonds. The van der Waals surface area contributed by atoms with E-state index in [1.165, 1.54) is 29.0 Å². The molecule has 3 rings (SSSR count). The highest BCUT2D eigenvalue weighted by Crippen LogP contribution is 2.33. The summed E-state index contributed by atoms with van der Waals surface area (Å²) in [6.07, 6.45) is 0.292. The molecule has 0 fully saturated rings. The third kappa shape index (κ3) is 2.47. The van der Waals surface area contributed by atoms with Gasteiger partial charge in [-0.25, -0.2) is 4.39 Å². The molecule has 1 aromatic heterocycles. The summed E-state index contributed by atoms with van der Waals surface area (Å²) in [6.45, 7) is 2.09. The first-order valence-corrected chi connectivity index (χ1v) is 7.45. The topological polar surface area (TPSA) is 20.2 Å². The van der Waals surface area contributed by atoms with Gasteiger partial charge in [0.25, 0.3) is 0 Å². The molecule has 0 radical (unpaired) electrons. The molecular formula is C17H15FOS. The average molecular weight is 286 g/mol. The summed E-state index contributed by atoms with van der Waals surface area (Å²) in [5.74, 6) is -0.242. The number of hydrogen-bond donors (Lipinski definition) is 1. The van der Waals surface area contributed by atoms with Gasteiger partial charge in [0, 0.05) is 9.58 Å². The zero-order chi connectivity index (χ0) is 14.1. The van der Waals surface area contributed by atoms with E-state index in [1.807, 2.05) is 24.3 Å². The molecule has 3 heteroatoms. The van der Waals surface area contributed by atoms with Gasteiger partial charge in [-0.2, -0.15) is 0 Å². The molecule has 0 spiro atoms. The number of hydrogen-bond acceptors (Lipinski definition) is 2. The second kappa shape index (κ2) is 5.35. The maximum absolute atomic E-state index is 13.2. The summed E-state index contributed by atoms with van der Waals surface area (Å²) in [5.41, 5.74) is 2.09. The van der Waals surface area contributed by atoms with Crippen LogP contribution in [0.1, 0.15) is 29.0 Å². The fourth-order valence-corrected chi connectivity index (χ4v) is 3.41. The van der Waals surface area contributed by atoms with Crippen molar-refractivity contribution in [3.8, 4) is 0 Å². The number of benzene rings is 2. The molecule has 1 heterocycles. The molecule has 3 aromatic rings. The number of aryl methyl sites for hydroxylation is 1. The fourth-order valence-electron chi connectivity index (χ4n) is 2.31. The van der Waals surface area contributed by atoms with Crippen molar-refractivity contribution < 1.29 is 9.50 Å². The second-order valence-electron chi connectivity index (χ2n) is 4.83. The Labute approximate surface area is 121 Å². The summed E-state index contributed by atoms with van der Waals surface area (Å²) in [6, 6.07) is 14.6. The molecular weight excluding hydrogens is 271 g/mol. The van der Waals surface area contributed by atoms with Crippen molar-refractivity contribution in [3.05, 3.63) is 70.4 Å². The van der Waals surface area contributed by atoms with Gasteiger partial charge in [-0.3, -0.25) is 0 Å². The van der Waals surface area contributed by atoms with E-state index >= 15 is 0 Å². The van der Waals surface area contributed by atoms with Crippen LogP contribution >= 0.6 is 11.3 Å². The Morgan fingerprint density at radius 3 is 2.80 bits per heavy atom. The molecule has 0 bridgehead atoms. The van der Waals surface area contributed by atoms with Crippen molar-refractivity contribution in [2.24, 2.45) is 0 Å². The Hall–Kier alpha value is -1.71. The van der Waals surface area contributed by atoms with Crippen molar-refractivity contribution in [1.29, 1.82) is 0 Å². The predicted octanol–water partition coefficient (Wildman–Crippen LogP) is 4.68. The molecule has 0 aliphatic heterocycles. The predicted molar refractivity (Wildman–Crippen MR) is 81.7 cm³/mol. The number of aliphatic hydroxyl groups is 1. The van der Waals surface area contributed by atoms with Crippen LogP contribution in [0.15, 0.2) is 48.5 Å². The average Bonchev–Trinajstić information content (AvgIpc) is 2.89. The highest BCUT2D eigenvalue weighted by molar-refractivity contribution is 7.19. The van der Waals surface area contributed by atoms with Crippen LogP contribution in [-0.2, 0) is 6.42 Å². The summed E-state index contributed by atoms with van der Waals surface area (Å²) in [7, 11) is 0. The molecule has 1 atom stereocenters. The second-order valence-corrected chi connectivity index (χ2v) is 5.95. The van der Waals surface area contributed by atoms with Gasteiger partial charge in [0.2, 0.25) is 0 Å². The van der Waals surface area contributed by atoms with E-state index in [1.54, 1.807) is 6.07 Å².